The number of hydrogen-bond acceptors (Lipinski definition) is 5. The molecule has 7 heteroatoms. The van der Waals surface area contributed by atoms with Gasteiger partial charge in [0.15, 0.2) is 0 Å². The molecule has 0 aliphatic carbocycles. The summed E-state index contributed by atoms with van der Waals surface area (Å²) >= 11 is 3.13. The minimum atomic E-state index is -0.0227. The maximum atomic E-state index is 13.1. The summed E-state index contributed by atoms with van der Waals surface area (Å²) in [6, 6.07) is 10.4. The molecule has 3 aromatic rings. The predicted molar refractivity (Wildman–Crippen MR) is 120 cm³/mol. The lowest BCUT2D eigenvalue weighted by Crippen LogP contribution is -2.45. The standard InChI is InChI=1S/C23H23N3O2S2/c27-22(26-11-5-16-3-1-2-4-18(16)13-26)17-6-9-25(10-7-17)23(28)20-15-30-21(24-20)19-8-12-29-14-19/h1-4,8,12,14-15,17H,5-7,9-11,13H2. The number of fused-ring (bicyclic) bond motifs is 1. The number of nitrogens with zero attached hydrogens (tertiary/aromatic N) is 3. The van der Waals surface area contributed by atoms with Crippen LogP contribution in [-0.2, 0) is 17.8 Å². The van der Waals surface area contributed by atoms with E-state index >= 15 is 0 Å². The van der Waals surface area contributed by atoms with Crippen molar-refractivity contribution in [1.29, 1.82) is 0 Å². The molecule has 0 radical (unpaired) electrons. The maximum Gasteiger partial charge on any atom is 0.273 e. The van der Waals surface area contributed by atoms with Gasteiger partial charge in [0.25, 0.3) is 5.91 Å². The lowest BCUT2D eigenvalue weighted by Gasteiger charge is -2.36. The van der Waals surface area contributed by atoms with E-state index in [0.717, 1.165) is 36.4 Å². The highest BCUT2D eigenvalue weighted by atomic mass is 32.1. The Morgan fingerprint density at radius 3 is 2.53 bits per heavy atom. The largest absolute Gasteiger partial charge is 0.338 e. The van der Waals surface area contributed by atoms with Crippen molar-refractivity contribution in [3.05, 3.63) is 63.3 Å². The lowest BCUT2D eigenvalue weighted by atomic mass is 9.93. The van der Waals surface area contributed by atoms with E-state index in [0.29, 0.717) is 25.3 Å². The molecule has 2 aromatic heterocycles. The van der Waals surface area contributed by atoms with Crippen LogP contribution in [-0.4, -0.2) is 46.2 Å². The van der Waals surface area contributed by atoms with Crippen LogP contribution >= 0.6 is 22.7 Å². The van der Waals surface area contributed by atoms with Crippen molar-refractivity contribution in [3.63, 3.8) is 0 Å². The Balaban J connectivity index is 1.18. The summed E-state index contributed by atoms with van der Waals surface area (Å²) in [6.07, 6.45) is 2.38. The van der Waals surface area contributed by atoms with Crippen LogP contribution in [0.25, 0.3) is 10.6 Å². The summed E-state index contributed by atoms with van der Waals surface area (Å²) in [5.74, 6) is 0.228. The van der Waals surface area contributed by atoms with Crippen LogP contribution in [0.15, 0.2) is 46.5 Å². The predicted octanol–water partition coefficient (Wildman–Crippen LogP) is 4.31. The molecule has 2 aliphatic rings. The SMILES string of the molecule is O=C(c1csc(-c2ccsc2)n1)N1CCC(C(=O)N2CCc3ccccc3C2)CC1. The zero-order chi connectivity index (χ0) is 20.5. The van der Waals surface area contributed by atoms with Gasteiger partial charge in [-0.1, -0.05) is 24.3 Å². The van der Waals surface area contributed by atoms with E-state index in [-0.39, 0.29) is 17.7 Å². The first-order valence-electron chi connectivity index (χ1n) is 10.3. The van der Waals surface area contributed by atoms with E-state index < -0.39 is 0 Å². The van der Waals surface area contributed by atoms with Gasteiger partial charge in [-0.25, -0.2) is 4.98 Å². The number of benzene rings is 1. The Morgan fingerprint density at radius 2 is 1.77 bits per heavy atom. The van der Waals surface area contributed by atoms with Gasteiger partial charge in [0.1, 0.15) is 10.7 Å². The first-order chi connectivity index (χ1) is 14.7. The van der Waals surface area contributed by atoms with Crippen LogP contribution < -0.4 is 0 Å². The molecule has 0 N–H and O–H groups in total. The van der Waals surface area contributed by atoms with Gasteiger partial charge in [0.2, 0.25) is 5.91 Å². The van der Waals surface area contributed by atoms with Gasteiger partial charge in [-0.3, -0.25) is 9.59 Å². The number of thiophene rings is 1. The Labute approximate surface area is 184 Å². The second-order valence-corrected chi connectivity index (χ2v) is 9.53. The molecular weight excluding hydrogens is 414 g/mol. The fourth-order valence-electron chi connectivity index (χ4n) is 4.32. The molecular formula is C23H23N3O2S2. The normalized spacial score (nSPS) is 17.1. The van der Waals surface area contributed by atoms with Crippen molar-refractivity contribution < 1.29 is 9.59 Å². The second kappa shape index (κ2) is 8.32. The summed E-state index contributed by atoms with van der Waals surface area (Å²) < 4.78 is 0. The van der Waals surface area contributed by atoms with Crippen molar-refractivity contribution in [3.8, 4) is 10.6 Å². The van der Waals surface area contributed by atoms with Crippen molar-refractivity contribution in [2.24, 2.45) is 5.92 Å². The summed E-state index contributed by atoms with van der Waals surface area (Å²) in [7, 11) is 0. The van der Waals surface area contributed by atoms with E-state index in [2.05, 4.69) is 23.2 Å². The molecule has 4 heterocycles. The minimum absolute atomic E-state index is 0.0103. The molecule has 2 aliphatic heterocycles. The second-order valence-electron chi connectivity index (χ2n) is 7.89. The third-order valence-corrected chi connectivity index (χ3v) is 7.64. The minimum Gasteiger partial charge on any atom is -0.338 e. The van der Waals surface area contributed by atoms with E-state index in [1.165, 1.54) is 22.5 Å². The summed E-state index contributed by atoms with van der Waals surface area (Å²) in [5.41, 5.74) is 4.19. The topological polar surface area (TPSA) is 53.5 Å². The lowest BCUT2D eigenvalue weighted by molar-refractivity contribution is -0.137. The molecule has 0 saturated carbocycles. The average molecular weight is 438 g/mol. The molecule has 0 atom stereocenters. The van der Waals surface area contributed by atoms with E-state index in [1.54, 1.807) is 11.3 Å². The summed E-state index contributed by atoms with van der Waals surface area (Å²) in [6.45, 7) is 2.73. The van der Waals surface area contributed by atoms with Gasteiger partial charge in [-0.05, 0) is 41.8 Å². The highest BCUT2D eigenvalue weighted by molar-refractivity contribution is 7.14. The number of amides is 2. The number of rotatable bonds is 3. The summed E-state index contributed by atoms with van der Waals surface area (Å²) in [4.78, 5) is 34.3. The maximum absolute atomic E-state index is 13.1. The highest BCUT2D eigenvalue weighted by Crippen LogP contribution is 2.28. The van der Waals surface area contributed by atoms with Crippen LogP contribution in [0.3, 0.4) is 0 Å². The number of carbonyl (C=O) groups excluding carboxylic acids is 2. The first kappa shape index (κ1) is 19.5. The molecule has 5 nitrogen and oxygen atoms in total. The Kier molecular flexibility index (Phi) is 5.39. The smallest absolute Gasteiger partial charge is 0.273 e. The zero-order valence-electron chi connectivity index (χ0n) is 16.6. The average Bonchev–Trinajstić information content (AvgIpc) is 3.50. The quantitative estimate of drug-likeness (QED) is 0.614. The molecule has 2 amide bonds. The van der Waals surface area contributed by atoms with Gasteiger partial charge in [0, 0.05) is 48.4 Å². The van der Waals surface area contributed by atoms with Crippen molar-refractivity contribution in [2.45, 2.75) is 25.8 Å². The number of likely N-dealkylation sites (tertiary alicyclic amines) is 1. The number of carbonyl (C=O) groups is 2. The summed E-state index contributed by atoms with van der Waals surface area (Å²) in [5, 5.41) is 6.79. The zero-order valence-corrected chi connectivity index (χ0v) is 18.3. The molecule has 0 bridgehead atoms. The molecule has 30 heavy (non-hydrogen) atoms. The monoisotopic (exact) mass is 437 g/mol. The van der Waals surface area contributed by atoms with E-state index in [4.69, 9.17) is 0 Å². The van der Waals surface area contributed by atoms with Gasteiger partial charge in [-0.15, -0.1) is 11.3 Å². The molecule has 0 unspecified atom stereocenters. The molecule has 1 saturated heterocycles. The molecule has 5 rings (SSSR count). The van der Waals surface area contributed by atoms with Crippen LogP contribution in [0.1, 0.15) is 34.5 Å². The third kappa shape index (κ3) is 3.79. The number of piperidine rings is 1. The Morgan fingerprint density at radius 1 is 0.967 bits per heavy atom. The molecule has 1 fully saturated rings. The first-order valence-corrected chi connectivity index (χ1v) is 12.1. The van der Waals surface area contributed by atoms with Gasteiger partial charge in [0.05, 0.1) is 0 Å². The Bertz CT molecular complexity index is 1050. The number of hydrogen-bond donors (Lipinski definition) is 0. The van der Waals surface area contributed by atoms with Crippen LogP contribution in [0.5, 0.6) is 0 Å². The van der Waals surface area contributed by atoms with Crippen LogP contribution in [0.4, 0.5) is 0 Å². The number of aromatic nitrogens is 1. The van der Waals surface area contributed by atoms with Gasteiger partial charge >= 0.3 is 0 Å². The van der Waals surface area contributed by atoms with E-state index in [1.807, 2.05) is 38.1 Å². The fraction of sp³-hybridized carbons (Fsp3) is 0.348. The van der Waals surface area contributed by atoms with Crippen molar-refractivity contribution >= 4 is 34.5 Å². The van der Waals surface area contributed by atoms with Crippen molar-refractivity contribution in [1.82, 2.24) is 14.8 Å². The molecule has 1 aromatic carbocycles. The Hall–Kier alpha value is -2.51. The highest BCUT2D eigenvalue weighted by Gasteiger charge is 2.32. The number of thiazole rings is 1. The fourth-order valence-corrected chi connectivity index (χ4v) is 5.83. The van der Waals surface area contributed by atoms with E-state index in [9.17, 15) is 9.59 Å². The molecule has 154 valence electrons. The molecule has 0 spiro atoms. The van der Waals surface area contributed by atoms with Crippen LogP contribution in [0.2, 0.25) is 0 Å². The van der Waals surface area contributed by atoms with Gasteiger partial charge < -0.3 is 9.80 Å². The van der Waals surface area contributed by atoms with Crippen molar-refractivity contribution in [2.75, 3.05) is 19.6 Å². The van der Waals surface area contributed by atoms with Gasteiger partial charge in [-0.2, -0.15) is 11.3 Å². The van der Waals surface area contributed by atoms with Crippen LogP contribution in [0, 0.1) is 5.92 Å². The third-order valence-electron chi connectivity index (χ3n) is 6.07.